The predicted molar refractivity (Wildman–Crippen MR) is 125 cm³/mol. The first-order chi connectivity index (χ1) is 15.0. The fraction of sp³-hybridized carbons (Fsp3) is 0.417. The molecule has 0 N–H and O–H groups in total. The number of likely N-dealkylation sites (tertiary alicyclic amines) is 1. The van der Waals surface area contributed by atoms with Crippen molar-refractivity contribution >= 4 is 40.5 Å². The van der Waals surface area contributed by atoms with Gasteiger partial charge in [-0.1, -0.05) is 35.3 Å². The Labute approximate surface area is 193 Å². The van der Waals surface area contributed by atoms with E-state index >= 15 is 0 Å². The van der Waals surface area contributed by atoms with Gasteiger partial charge in [-0.05, 0) is 55.7 Å². The third kappa shape index (κ3) is 3.93. The smallest absolute Gasteiger partial charge is 0.262 e. The van der Waals surface area contributed by atoms with Crippen LogP contribution in [0.3, 0.4) is 0 Å². The lowest BCUT2D eigenvalue weighted by Gasteiger charge is -2.50. The van der Waals surface area contributed by atoms with Gasteiger partial charge in [-0.3, -0.25) is 9.69 Å². The zero-order chi connectivity index (χ0) is 21.6. The van der Waals surface area contributed by atoms with E-state index in [1.165, 1.54) is 12.8 Å². The molecule has 1 radical (unpaired) electrons. The SMILES string of the molecule is C[CH]N1CC(OCc2cc(Cl)ccc2Cl)(C(=O)N2CCN(C3CC3)c3ccccc32)C1. The summed E-state index contributed by atoms with van der Waals surface area (Å²) in [6, 6.07) is 14.1. The topological polar surface area (TPSA) is 36.0 Å². The quantitative estimate of drug-likeness (QED) is 0.624. The van der Waals surface area contributed by atoms with Crippen LogP contribution in [0.2, 0.25) is 10.0 Å². The number of ether oxygens (including phenoxy) is 1. The van der Waals surface area contributed by atoms with Crippen molar-refractivity contribution in [3.8, 4) is 0 Å². The van der Waals surface area contributed by atoms with Gasteiger partial charge < -0.3 is 14.5 Å². The number of fused-ring (bicyclic) bond motifs is 1. The molecule has 0 unspecified atom stereocenters. The number of hydrogen-bond donors (Lipinski definition) is 0. The van der Waals surface area contributed by atoms with Crippen LogP contribution in [0.4, 0.5) is 11.4 Å². The number of rotatable bonds is 6. The highest BCUT2D eigenvalue weighted by atomic mass is 35.5. The lowest BCUT2D eigenvalue weighted by atomic mass is 9.91. The van der Waals surface area contributed by atoms with Crippen LogP contribution in [0.25, 0.3) is 0 Å². The van der Waals surface area contributed by atoms with Crippen molar-refractivity contribution in [3.05, 3.63) is 64.6 Å². The monoisotopic (exact) mass is 458 g/mol. The summed E-state index contributed by atoms with van der Waals surface area (Å²) in [6.07, 6.45) is 2.47. The summed E-state index contributed by atoms with van der Waals surface area (Å²) in [6.45, 7) is 6.81. The number of carbonyl (C=O) groups is 1. The van der Waals surface area contributed by atoms with Crippen molar-refractivity contribution in [2.24, 2.45) is 0 Å². The van der Waals surface area contributed by atoms with Crippen molar-refractivity contribution < 1.29 is 9.53 Å². The molecule has 0 spiro atoms. The van der Waals surface area contributed by atoms with Crippen molar-refractivity contribution in [2.45, 2.75) is 38.0 Å². The van der Waals surface area contributed by atoms with Gasteiger partial charge in [0.1, 0.15) is 0 Å². The number of anilines is 2. The third-order valence-corrected chi connectivity index (χ3v) is 7.07. The van der Waals surface area contributed by atoms with Gasteiger partial charge in [-0.25, -0.2) is 0 Å². The Hall–Kier alpha value is -1.79. The molecule has 1 amide bonds. The van der Waals surface area contributed by atoms with Gasteiger partial charge >= 0.3 is 0 Å². The molecule has 3 aliphatic rings. The number of benzene rings is 2. The molecule has 31 heavy (non-hydrogen) atoms. The van der Waals surface area contributed by atoms with Crippen LogP contribution in [0, 0.1) is 6.54 Å². The highest BCUT2D eigenvalue weighted by Gasteiger charge is 2.53. The number of halogens is 2. The minimum atomic E-state index is -0.896. The van der Waals surface area contributed by atoms with Crippen LogP contribution in [0.1, 0.15) is 25.3 Å². The first-order valence-electron chi connectivity index (χ1n) is 10.8. The van der Waals surface area contributed by atoms with Crippen LogP contribution in [0.5, 0.6) is 0 Å². The molecule has 2 aromatic rings. The van der Waals surface area contributed by atoms with Gasteiger partial charge in [0.15, 0.2) is 5.60 Å². The Morgan fingerprint density at radius 1 is 1.13 bits per heavy atom. The van der Waals surface area contributed by atoms with Gasteiger partial charge in [0.05, 0.1) is 18.0 Å². The summed E-state index contributed by atoms with van der Waals surface area (Å²) >= 11 is 12.5. The predicted octanol–water partition coefficient (Wildman–Crippen LogP) is 4.76. The van der Waals surface area contributed by atoms with Crippen LogP contribution in [-0.4, -0.2) is 48.6 Å². The van der Waals surface area contributed by atoms with E-state index < -0.39 is 5.60 Å². The van der Waals surface area contributed by atoms with Gasteiger partial charge in [-0.2, -0.15) is 0 Å². The summed E-state index contributed by atoms with van der Waals surface area (Å²) in [5.74, 6) is 0.0200. The fourth-order valence-electron chi connectivity index (χ4n) is 4.56. The van der Waals surface area contributed by atoms with Crippen molar-refractivity contribution in [2.75, 3.05) is 36.0 Å². The standard InChI is InChI=1S/C24H26Cl2N3O2/c1-2-27-15-24(16-27,31-14-17-13-18(25)7-10-20(17)26)23(30)29-12-11-28(19-8-9-19)21-5-3-4-6-22(21)29/h2-7,10,13,19H,8-9,11-12,14-16H2,1H3. The van der Waals surface area contributed by atoms with Crippen LogP contribution in [0.15, 0.2) is 42.5 Å². The van der Waals surface area contributed by atoms with Gasteiger partial charge in [-0.15, -0.1) is 0 Å². The third-order valence-electron chi connectivity index (χ3n) is 6.46. The molecule has 1 saturated carbocycles. The molecule has 5 nitrogen and oxygen atoms in total. The Morgan fingerprint density at radius 3 is 2.58 bits per heavy atom. The molecule has 0 bridgehead atoms. The Morgan fingerprint density at radius 2 is 1.87 bits per heavy atom. The molecule has 7 heteroatoms. The molecule has 2 aliphatic heterocycles. The second kappa shape index (κ2) is 8.28. The molecule has 1 aliphatic carbocycles. The summed E-state index contributed by atoms with van der Waals surface area (Å²) in [4.78, 5) is 20.3. The van der Waals surface area contributed by atoms with Crippen molar-refractivity contribution in [3.63, 3.8) is 0 Å². The minimum absolute atomic E-state index is 0.0200. The van der Waals surface area contributed by atoms with E-state index in [4.69, 9.17) is 27.9 Å². The summed E-state index contributed by atoms with van der Waals surface area (Å²) in [5, 5.41) is 1.19. The summed E-state index contributed by atoms with van der Waals surface area (Å²) in [5.41, 5.74) is 2.02. The van der Waals surface area contributed by atoms with E-state index in [0.29, 0.717) is 35.7 Å². The van der Waals surface area contributed by atoms with E-state index in [0.717, 1.165) is 23.5 Å². The van der Waals surface area contributed by atoms with Crippen molar-refractivity contribution in [1.29, 1.82) is 0 Å². The lowest BCUT2D eigenvalue weighted by molar-refractivity contribution is -0.171. The number of amides is 1. The Bertz CT molecular complexity index is 989. The van der Waals surface area contributed by atoms with E-state index in [2.05, 4.69) is 15.9 Å². The summed E-state index contributed by atoms with van der Waals surface area (Å²) in [7, 11) is 0. The molecule has 0 aromatic heterocycles. The first-order valence-corrected chi connectivity index (χ1v) is 11.6. The second-order valence-corrected chi connectivity index (χ2v) is 9.40. The van der Waals surface area contributed by atoms with Crippen LogP contribution >= 0.6 is 23.2 Å². The average Bonchev–Trinajstić information content (AvgIpc) is 3.59. The van der Waals surface area contributed by atoms with Crippen LogP contribution < -0.4 is 9.80 Å². The van der Waals surface area contributed by atoms with Crippen LogP contribution in [-0.2, 0) is 16.1 Å². The van der Waals surface area contributed by atoms with E-state index in [9.17, 15) is 4.79 Å². The van der Waals surface area contributed by atoms with Gasteiger partial charge in [0.2, 0.25) is 0 Å². The zero-order valence-corrected chi connectivity index (χ0v) is 19.1. The Balaban J connectivity index is 1.40. The first kappa shape index (κ1) is 21.1. The Kier molecular flexibility index (Phi) is 5.63. The molecular formula is C24H26Cl2N3O2. The number of hydrogen-bond acceptors (Lipinski definition) is 4. The molecule has 1 saturated heterocycles. The molecule has 2 fully saturated rings. The maximum Gasteiger partial charge on any atom is 0.262 e. The van der Waals surface area contributed by atoms with Gasteiger partial charge in [0, 0.05) is 48.8 Å². The maximum absolute atomic E-state index is 13.9. The fourth-order valence-corrected chi connectivity index (χ4v) is 4.92. The van der Waals surface area contributed by atoms with E-state index in [-0.39, 0.29) is 12.5 Å². The number of carbonyl (C=O) groups excluding carboxylic acids is 1. The highest BCUT2D eigenvalue weighted by molar-refractivity contribution is 6.33. The molecule has 163 valence electrons. The normalized spacial score (nSPS) is 20.4. The summed E-state index contributed by atoms with van der Waals surface area (Å²) < 4.78 is 6.33. The molecule has 0 atom stereocenters. The molecule has 5 rings (SSSR count). The second-order valence-electron chi connectivity index (χ2n) is 8.55. The van der Waals surface area contributed by atoms with Gasteiger partial charge in [0.25, 0.3) is 5.91 Å². The largest absolute Gasteiger partial charge is 0.365 e. The zero-order valence-electron chi connectivity index (χ0n) is 17.6. The molecule has 2 heterocycles. The minimum Gasteiger partial charge on any atom is -0.365 e. The number of para-hydroxylation sites is 2. The highest BCUT2D eigenvalue weighted by Crippen LogP contribution is 2.42. The van der Waals surface area contributed by atoms with Crippen molar-refractivity contribution in [1.82, 2.24) is 4.90 Å². The van der Waals surface area contributed by atoms with E-state index in [1.807, 2.05) is 36.6 Å². The molecule has 2 aromatic carbocycles. The van der Waals surface area contributed by atoms with E-state index in [1.54, 1.807) is 18.2 Å². The average molecular weight is 459 g/mol. The maximum atomic E-state index is 13.9. The molecular weight excluding hydrogens is 433 g/mol. The lowest BCUT2D eigenvalue weighted by Crippen LogP contribution is -2.70. The number of nitrogens with zero attached hydrogens (tertiary/aromatic N) is 3.